The smallest absolute Gasteiger partial charge is 0.258 e. The normalized spacial score (nSPS) is 18.1. The molecule has 2 aliphatic rings. The van der Waals surface area contributed by atoms with Gasteiger partial charge < -0.3 is 9.64 Å². The third kappa shape index (κ3) is 4.43. The number of ether oxygens (including phenoxy) is 1. The number of nitrogens with zero attached hydrogens (tertiary/aromatic N) is 2. The number of benzene rings is 1. The molecule has 2 heterocycles. The molecule has 0 spiro atoms. The van der Waals surface area contributed by atoms with Crippen LogP contribution in [0.15, 0.2) is 52.3 Å². The maximum atomic E-state index is 12.5. The number of carbonyl (C=O) groups is 1. The highest BCUT2D eigenvalue weighted by molar-refractivity contribution is 7.90. The monoisotopic (exact) mass is 430 g/mol. The van der Waals surface area contributed by atoms with E-state index in [1.165, 1.54) is 22.8 Å². The number of sulfone groups is 1. The lowest BCUT2D eigenvalue weighted by molar-refractivity contribution is -0.140. The Kier molecular flexibility index (Phi) is 5.69. The van der Waals surface area contributed by atoms with Crippen LogP contribution in [-0.4, -0.2) is 49.2 Å². The predicted molar refractivity (Wildman–Crippen MR) is 113 cm³/mol. The minimum atomic E-state index is -3.28. The van der Waals surface area contributed by atoms with Crippen molar-refractivity contribution in [3.63, 3.8) is 0 Å². The molecule has 1 aliphatic carbocycles. The molecule has 2 fully saturated rings. The maximum Gasteiger partial charge on any atom is 0.258 e. The Morgan fingerprint density at radius 2 is 1.70 bits per heavy atom. The Balaban J connectivity index is 1.38. The van der Waals surface area contributed by atoms with Crippen molar-refractivity contribution in [3.05, 3.63) is 52.9 Å². The first kappa shape index (κ1) is 20.7. The molecular weight excluding hydrogens is 404 g/mol. The van der Waals surface area contributed by atoms with Crippen molar-refractivity contribution in [1.29, 1.82) is 0 Å². The van der Waals surface area contributed by atoms with E-state index in [1.807, 2.05) is 4.90 Å². The molecule has 2 aromatic rings. The van der Waals surface area contributed by atoms with Crippen LogP contribution in [0.1, 0.15) is 32.1 Å². The molecule has 1 saturated carbocycles. The standard InChI is InChI=1S/C22H26N2O5S/c1-30(27,28)20-7-5-17(6-8-20)24-14-11-19(15-21(24)25)29-18-9-12-23(13-10-18)22(26)16-3-2-4-16/h5-8,11,14-16,18H,2-4,9-10,12-13H2,1H3. The fourth-order valence-electron chi connectivity index (χ4n) is 3.90. The average molecular weight is 431 g/mol. The second-order valence-corrected chi connectivity index (χ2v) is 10.1. The summed E-state index contributed by atoms with van der Waals surface area (Å²) in [7, 11) is -3.28. The number of piperidine rings is 1. The van der Waals surface area contributed by atoms with Gasteiger partial charge in [0.1, 0.15) is 11.9 Å². The van der Waals surface area contributed by atoms with E-state index in [0.717, 1.165) is 38.4 Å². The van der Waals surface area contributed by atoms with Crippen molar-refractivity contribution < 1.29 is 17.9 Å². The minimum absolute atomic E-state index is 0.0141. The van der Waals surface area contributed by atoms with E-state index in [0.29, 0.717) is 24.5 Å². The highest BCUT2D eigenvalue weighted by atomic mass is 32.2. The molecule has 7 nitrogen and oxygen atoms in total. The van der Waals surface area contributed by atoms with Gasteiger partial charge in [-0.25, -0.2) is 8.42 Å². The van der Waals surface area contributed by atoms with E-state index in [9.17, 15) is 18.0 Å². The fourth-order valence-corrected chi connectivity index (χ4v) is 4.53. The van der Waals surface area contributed by atoms with Crippen LogP contribution >= 0.6 is 0 Å². The molecule has 0 bridgehead atoms. The summed E-state index contributed by atoms with van der Waals surface area (Å²) in [5.41, 5.74) is 0.332. The van der Waals surface area contributed by atoms with Gasteiger partial charge >= 0.3 is 0 Å². The summed E-state index contributed by atoms with van der Waals surface area (Å²) < 4.78 is 30.6. The van der Waals surface area contributed by atoms with Crippen molar-refractivity contribution in [2.45, 2.75) is 43.1 Å². The summed E-state index contributed by atoms with van der Waals surface area (Å²) in [6.45, 7) is 1.40. The Morgan fingerprint density at radius 3 is 2.23 bits per heavy atom. The average Bonchev–Trinajstić information content (AvgIpc) is 2.67. The van der Waals surface area contributed by atoms with Gasteiger partial charge in [0.05, 0.1) is 4.90 Å². The van der Waals surface area contributed by atoms with Gasteiger partial charge in [-0.3, -0.25) is 14.2 Å². The van der Waals surface area contributed by atoms with Gasteiger partial charge in [0.15, 0.2) is 9.84 Å². The quantitative estimate of drug-likeness (QED) is 0.727. The molecule has 8 heteroatoms. The first-order valence-corrected chi connectivity index (χ1v) is 12.2. The van der Waals surface area contributed by atoms with Crippen LogP contribution in [-0.2, 0) is 14.6 Å². The van der Waals surface area contributed by atoms with Crippen LogP contribution < -0.4 is 10.3 Å². The minimum Gasteiger partial charge on any atom is -0.490 e. The van der Waals surface area contributed by atoms with E-state index in [2.05, 4.69) is 0 Å². The van der Waals surface area contributed by atoms with Gasteiger partial charge in [-0.15, -0.1) is 0 Å². The van der Waals surface area contributed by atoms with Crippen LogP contribution in [0, 0.1) is 5.92 Å². The lowest BCUT2D eigenvalue weighted by Gasteiger charge is -2.36. The van der Waals surface area contributed by atoms with Gasteiger partial charge in [0.2, 0.25) is 5.91 Å². The number of amides is 1. The van der Waals surface area contributed by atoms with E-state index >= 15 is 0 Å². The molecule has 0 N–H and O–H groups in total. The number of pyridine rings is 1. The van der Waals surface area contributed by atoms with Crippen LogP contribution in [0.25, 0.3) is 5.69 Å². The number of likely N-dealkylation sites (tertiary alicyclic amines) is 1. The van der Waals surface area contributed by atoms with Crippen molar-refractivity contribution in [3.8, 4) is 11.4 Å². The van der Waals surface area contributed by atoms with E-state index < -0.39 is 9.84 Å². The molecular formula is C22H26N2O5S. The summed E-state index contributed by atoms with van der Waals surface area (Å²) in [6.07, 6.45) is 7.47. The number of hydrogen-bond acceptors (Lipinski definition) is 5. The number of hydrogen-bond donors (Lipinski definition) is 0. The first-order valence-electron chi connectivity index (χ1n) is 10.3. The highest BCUT2D eigenvalue weighted by Crippen LogP contribution is 2.29. The number of carbonyl (C=O) groups excluding carboxylic acids is 1. The van der Waals surface area contributed by atoms with Gasteiger partial charge in [-0.05, 0) is 43.2 Å². The summed E-state index contributed by atoms with van der Waals surface area (Å²) in [6, 6.07) is 9.36. The molecule has 0 atom stereocenters. The maximum absolute atomic E-state index is 12.5. The van der Waals surface area contributed by atoms with Gasteiger partial charge in [-0.1, -0.05) is 6.42 Å². The van der Waals surface area contributed by atoms with Crippen molar-refractivity contribution in [1.82, 2.24) is 9.47 Å². The van der Waals surface area contributed by atoms with Gasteiger partial charge in [-0.2, -0.15) is 0 Å². The molecule has 0 radical (unpaired) electrons. The molecule has 1 saturated heterocycles. The third-order valence-corrected chi connectivity index (χ3v) is 7.07. The van der Waals surface area contributed by atoms with Crippen LogP contribution in [0.4, 0.5) is 0 Å². The summed E-state index contributed by atoms with van der Waals surface area (Å²) in [5, 5.41) is 0. The van der Waals surface area contributed by atoms with Crippen molar-refractivity contribution >= 4 is 15.7 Å². The van der Waals surface area contributed by atoms with Crippen LogP contribution in [0.5, 0.6) is 5.75 Å². The highest BCUT2D eigenvalue weighted by Gasteiger charge is 2.32. The molecule has 4 rings (SSSR count). The lowest BCUT2D eigenvalue weighted by Crippen LogP contribution is -2.45. The molecule has 1 aromatic heterocycles. The topological polar surface area (TPSA) is 85.7 Å². The zero-order valence-corrected chi connectivity index (χ0v) is 17.8. The predicted octanol–water partition coefficient (Wildman–Crippen LogP) is 2.41. The Bertz CT molecular complexity index is 1080. The SMILES string of the molecule is CS(=O)(=O)c1ccc(-n2ccc(OC3CCN(C(=O)C4CCC4)CC3)cc2=O)cc1. The first-order chi connectivity index (χ1) is 14.3. The second-order valence-electron chi connectivity index (χ2n) is 8.11. The largest absolute Gasteiger partial charge is 0.490 e. The van der Waals surface area contributed by atoms with Crippen molar-refractivity contribution in [2.24, 2.45) is 5.92 Å². The van der Waals surface area contributed by atoms with Crippen LogP contribution in [0.2, 0.25) is 0 Å². The lowest BCUT2D eigenvalue weighted by atomic mass is 9.84. The zero-order valence-electron chi connectivity index (χ0n) is 17.0. The number of aromatic nitrogens is 1. The summed E-state index contributed by atoms with van der Waals surface area (Å²) >= 11 is 0. The number of rotatable bonds is 5. The molecule has 1 amide bonds. The van der Waals surface area contributed by atoms with Gasteiger partial charge in [0.25, 0.3) is 5.56 Å². The van der Waals surface area contributed by atoms with Crippen LogP contribution in [0.3, 0.4) is 0 Å². The molecule has 0 unspecified atom stereocenters. The fraction of sp³-hybridized carbons (Fsp3) is 0.455. The summed E-state index contributed by atoms with van der Waals surface area (Å²) in [5.74, 6) is 1.01. The molecule has 1 aliphatic heterocycles. The molecule has 1 aromatic carbocycles. The molecule has 160 valence electrons. The molecule has 30 heavy (non-hydrogen) atoms. The third-order valence-electron chi connectivity index (χ3n) is 5.94. The summed E-state index contributed by atoms with van der Waals surface area (Å²) in [4.78, 5) is 27.0. The van der Waals surface area contributed by atoms with Crippen molar-refractivity contribution in [2.75, 3.05) is 19.3 Å². The Morgan fingerprint density at radius 1 is 1.03 bits per heavy atom. The van der Waals surface area contributed by atoms with E-state index in [1.54, 1.807) is 24.4 Å². The van der Waals surface area contributed by atoms with E-state index in [4.69, 9.17) is 4.74 Å². The van der Waals surface area contributed by atoms with E-state index in [-0.39, 0.29) is 28.4 Å². The van der Waals surface area contributed by atoms with Gasteiger partial charge in [0, 0.05) is 56.1 Å². The Labute approximate surface area is 176 Å². The second kappa shape index (κ2) is 8.26. The Hall–Kier alpha value is -2.61. The zero-order chi connectivity index (χ0) is 21.3.